The molecular weight excluding hydrogens is 338 g/mol. The Morgan fingerprint density at radius 3 is 2.40 bits per heavy atom. The van der Waals surface area contributed by atoms with Gasteiger partial charge in [-0.3, -0.25) is 4.79 Å². The van der Waals surface area contributed by atoms with E-state index in [1.807, 2.05) is 47.6 Å². The van der Waals surface area contributed by atoms with E-state index < -0.39 is 5.97 Å². The third-order valence-corrected chi connectivity index (χ3v) is 5.02. The Labute approximate surface area is 152 Å². The summed E-state index contributed by atoms with van der Waals surface area (Å²) in [6, 6.07) is 2.00. The van der Waals surface area contributed by atoms with Crippen LogP contribution >= 0.6 is 11.3 Å². The molecule has 7 heteroatoms. The lowest BCUT2D eigenvalue weighted by atomic mass is 10.1. The van der Waals surface area contributed by atoms with Crippen molar-refractivity contribution in [3.8, 4) is 0 Å². The third kappa shape index (κ3) is 3.92. The van der Waals surface area contributed by atoms with Crippen LogP contribution in [0.25, 0.3) is 10.2 Å². The molecule has 0 saturated carbocycles. The highest BCUT2D eigenvalue weighted by Gasteiger charge is 2.24. The predicted octanol–water partition coefficient (Wildman–Crippen LogP) is 3.30. The highest BCUT2D eigenvalue weighted by molar-refractivity contribution is 7.21. The summed E-state index contributed by atoms with van der Waals surface area (Å²) < 4.78 is 5.22. The van der Waals surface area contributed by atoms with Crippen LogP contribution in [-0.4, -0.2) is 40.5 Å². The van der Waals surface area contributed by atoms with E-state index in [9.17, 15) is 9.59 Å². The molecule has 0 bridgehead atoms. The van der Waals surface area contributed by atoms with E-state index in [1.54, 1.807) is 4.90 Å². The number of anilines is 1. The number of rotatable bonds is 5. The zero-order chi connectivity index (χ0) is 18.9. The Balaban J connectivity index is 2.19. The Kier molecular flexibility index (Phi) is 5.67. The summed E-state index contributed by atoms with van der Waals surface area (Å²) in [5.41, 5.74) is 8.33. The van der Waals surface area contributed by atoms with Gasteiger partial charge in [-0.1, -0.05) is 0 Å². The predicted molar refractivity (Wildman–Crippen MR) is 101 cm³/mol. The summed E-state index contributed by atoms with van der Waals surface area (Å²) in [6.45, 7) is 11.3. The van der Waals surface area contributed by atoms with Crippen LogP contribution < -0.4 is 5.73 Å². The maximum Gasteiger partial charge on any atom is 0.351 e. The number of nitrogens with zero attached hydrogens (tertiary/aromatic N) is 2. The number of carbonyl (C=O) groups is 2. The van der Waals surface area contributed by atoms with E-state index in [-0.39, 0.29) is 24.6 Å². The first-order valence-electron chi connectivity index (χ1n) is 8.28. The fourth-order valence-corrected chi connectivity index (χ4v) is 4.17. The van der Waals surface area contributed by atoms with E-state index in [1.165, 1.54) is 11.3 Å². The largest absolute Gasteiger partial charge is 0.451 e. The number of fused-ring (bicyclic) bond motifs is 1. The van der Waals surface area contributed by atoms with Crippen molar-refractivity contribution in [2.24, 2.45) is 0 Å². The molecule has 0 saturated heterocycles. The van der Waals surface area contributed by atoms with Gasteiger partial charge >= 0.3 is 5.97 Å². The minimum Gasteiger partial charge on any atom is -0.451 e. The molecule has 136 valence electrons. The van der Waals surface area contributed by atoms with Crippen LogP contribution in [-0.2, 0) is 9.53 Å². The van der Waals surface area contributed by atoms with Crippen LogP contribution in [0.5, 0.6) is 0 Å². The number of nitrogen functional groups attached to an aromatic ring is 1. The molecule has 2 aromatic rings. The van der Waals surface area contributed by atoms with E-state index in [4.69, 9.17) is 10.5 Å². The molecule has 2 aromatic heterocycles. The number of aryl methyl sites for hydroxylation is 2. The quantitative estimate of drug-likeness (QED) is 0.824. The zero-order valence-electron chi connectivity index (χ0n) is 15.5. The molecule has 1 amide bonds. The summed E-state index contributed by atoms with van der Waals surface area (Å²) in [5, 5.41) is 0.778. The van der Waals surface area contributed by atoms with Gasteiger partial charge in [-0.15, -0.1) is 11.3 Å². The topological polar surface area (TPSA) is 85.5 Å². The molecule has 2 rings (SSSR count). The normalized spacial score (nSPS) is 11.4. The van der Waals surface area contributed by atoms with E-state index in [0.29, 0.717) is 15.4 Å². The Morgan fingerprint density at radius 2 is 1.84 bits per heavy atom. The number of esters is 1. The molecule has 0 spiro atoms. The molecule has 25 heavy (non-hydrogen) atoms. The molecule has 0 radical (unpaired) electrons. The number of pyridine rings is 1. The number of ether oxygens (including phenoxy) is 1. The SMILES string of the molecule is Cc1cc(C)c2c(N)c(C(=O)OCC(=O)N(C(C)C)C(C)C)sc2n1. The highest BCUT2D eigenvalue weighted by Crippen LogP contribution is 2.35. The van der Waals surface area contributed by atoms with Gasteiger partial charge in [0.05, 0.1) is 5.69 Å². The van der Waals surface area contributed by atoms with Crippen molar-refractivity contribution >= 4 is 39.1 Å². The Bertz CT molecular complexity index is 803. The minimum atomic E-state index is -0.585. The van der Waals surface area contributed by atoms with Gasteiger partial charge in [0, 0.05) is 23.2 Å². The molecule has 0 fully saturated rings. The molecule has 2 heterocycles. The number of aromatic nitrogens is 1. The molecule has 0 aliphatic carbocycles. The summed E-state index contributed by atoms with van der Waals surface area (Å²) in [5.74, 6) is -0.804. The summed E-state index contributed by atoms with van der Waals surface area (Å²) in [6.07, 6.45) is 0. The fourth-order valence-electron chi connectivity index (χ4n) is 3.06. The van der Waals surface area contributed by atoms with Crippen molar-refractivity contribution < 1.29 is 14.3 Å². The number of hydrogen-bond donors (Lipinski definition) is 1. The van der Waals surface area contributed by atoms with Gasteiger partial charge in [0.1, 0.15) is 9.71 Å². The van der Waals surface area contributed by atoms with Crippen molar-refractivity contribution in [1.29, 1.82) is 0 Å². The molecule has 0 aromatic carbocycles. The minimum absolute atomic E-state index is 0.0374. The molecule has 0 aliphatic rings. The first-order chi connectivity index (χ1) is 11.6. The number of amides is 1. The lowest BCUT2D eigenvalue weighted by Crippen LogP contribution is -2.44. The number of thiophene rings is 1. The van der Waals surface area contributed by atoms with Gasteiger partial charge in [0.2, 0.25) is 0 Å². The molecule has 2 N–H and O–H groups in total. The first-order valence-corrected chi connectivity index (χ1v) is 9.09. The smallest absolute Gasteiger partial charge is 0.351 e. The molecule has 0 aliphatic heterocycles. The Hall–Kier alpha value is -2.15. The number of carbonyl (C=O) groups excluding carboxylic acids is 2. The van der Waals surface area contributed by atoms with Crippen LogP contribution in [0.3, 0.4) is 0 Å². The van der Waals surface area contributed by atoms with Gasteiger partial charge in [-0.05, 0) is 53.2 Å². The van der Waals surface area contributed by atoms with Crippen LogP contribution in [0.2, 0.25) is 0 Å². The maximum atomic E-state index is 12.4. The molecule has 6 nitrogen and oxygen atoms in total. The lowest BCUT2D eigenvalue weighted by molar-refractivity contribution is -0.138. The molecule has 0 atom stereocenters. The van der Waals surface area contributed by atoms with Crippen LogP contribution in [0.1, 0.15) is 48.6 Å². The van der Waals surface area contributed by atoms with Gasteiger partial charge in [-0.2, -0.15) is 0 Å². The van der Waals surface area contributed by atoms with Crippen molar-refractivity contribution in [2.45, 2.75) is 53.6 Å². The third-order valence-electron chi connectivity index (χ3n) is 3.94. The molecular formula is C18H25N3O3S. The van der Waals surface area contributed by atoms with Crippen molar-refractivity contribution in [2.75, 3.05) is 12.3 Å². The lowest BCUT2D eigenvalue weighted by Gasteiger charge is -2.30. The van der Waals surface area contributed by atoms with Gasteiger partial charge in [0.25, 0.3) is 5.91 Å². The number of hydrogen-bond acceptors (Lipinski definition) is 6. The Morgan fingerprint density at radius 1 is 1.24 bits per heavy atom. The zero-order valence-corrected chi connectivity index (χ0v) is 16.4. The summed E-state index contributed by atoms with van der Waals surface area (Å²) in [7, 11) is 0. The summed E-state index contributed by atoms with van der Waals surface area (Å²) in [4.78, 5) is 31.9. The van der Waals surface area contributed by atoms with Crippen molar-refractivity contribution in [3.63, 3.8) is 0 Å². The second-order valence-electron chi connectivity index (χ2n) is 6.67. The van der Waals surface area contributed by atoms with Gasteiger partial charge < -0.3 is 15.4 Å². The molecule has 0 unspecified atom stereocenters. The first kappa shape index (κ1) is 19.2. The van der Waals surface area contributed by atoms with Gasteiger partial charge in [0.15, 0.2) is 6.61 Å². The van der Waals surface area contributed by atoms with Gasteiger partial charge in [-0.25, -0.2) is 9.78 Å². The number of nitrogens with two attached hydrogens (primary N) is 1. The van der Waals surface area contributed by atoms with Crippen LogP contribution in [0, 0.1) is 13.8 Å². The standard InChI is InChI=1S/C18H25N3O3S/c1-9(2)21(10(3)4)13(22)8-24-18(23)16-15(19)14-11(5)7-12(6)20-17(14)25-16/h7,9-10H,8,19H2,1-6H3. The highest BCUT2D eigenvalue weighted by atomic mass is 32.1. The van der Waals surface area contributed by atoms with Crippen molar-refractivity contribution in [3.05, 3.63) is 22.2 Å². The fraction of sp³-hybridized carbons (Fsp3) is 0.500. The van der Waals surface area contributed by atoms with Crippen molar-refractivity contribution in [1.82, 2.24) is 9.88 Å². The van der Waals surface area contributed by atoms with E-state index in [2.05, 4.69) is 4.98 Å². The summed E-state index contributed by atoms with van der Waals surface area (Å²) >= 11 is 1.20. The maximum absolute atomic E-state index is 12.4. The monoisotopic (exact) mass is 363 g/mol. The van der Waals surface area contributed by atoms with Crippen LogP contribution in [0.4, 0.5) is 5.69 Å². The second kappa shape index (κ2) is 7.39. The van der Waals surface area contributed by atoms with E-state index >= 15 is 0 Å². The van der Waals surface area contributed by atoms with Crippen LogP contribution in [0.15, 0.2) is 6.07 Å². The van der Waals surface area contributed by atoms with E-state index in [0.717, 1.165) is 16.6 Å². The average Bonchev–Trinajstić information content (AvgIpc) is 2.81. The average molecular weight is 363 g/mol. The second-order valence-corrected chi connectivity index (χ2v) is 7.67.